The van der Waals surface area contributed by atoms with Crippen LogP contribution in [0.5, 0.6) is 0 Å². The minimum absolute atomic E-state index is 0.0150. The average molecular weight is 541 g/mol. The van der Waals surface area contributed by atoms with Crippen LogP contribution in [0.25, 0.3) is 22.3 Å². The molecule has 0 N–H and O–H groups in total. The van der Waals surface area contributed by atoms with E-state index in [0.717, 1.165) is 50.8 Å². The first kappa shape index (κ1) is 27.5. The Morgan fingerprint density at radius 1 is 0.757 bits per heavy atom. The molecule has 1 aliphatic rings. The van der Waals surface area contributed by atoms with E-state index in [9.17, 15) is 26.3 Å². The Balaban J connectivity index is 1.47. The van der Waals surface area contributed by atoms with Gasteiger partial charge in [0.15, 0.2) is 0 Å². The predicted molar refractivity (Wildman–Crippen MR) is 133 cm³/mol. The van der Waals surface area contributed by atoms with E-state index in [-0.39, 0.29) is 22.3 Å². The molecule has 1 aliphatic carbocycles. The zero-order valence-electron chi connectivity index (χ0n) is 20.3. The van der Waals surface area contributed by atoms with Gasteiger partial charge in [-0.2, -0.15) is 8.78 Å². The number of rotatable bonds is 8. The van der Waals surface area contributed by atoms with Gasteiger partial charge in [-0.05, 0) is 95.6 Å². The highest BCUT2D eigenvalue weighted by Crippen LogP contribution is 2.38. The Bertz CT molecular complexity index is 1180. The van der Waals surface area contributed by atoms with Gasteiger partial charge in [0.05, 0.1) is 5.56 Å². The smallest absolute Gasteiger partial charge is 0.353 e. The van der Waals surface area contributed by atoms with E-state index in [0.29, 0.717) is 23.8 Å². The monoisotopic (exact) mass is 540 g/mol. The molecule has 0 amide bonds. The van der Waals surface area contributed by atoms with Crippen LogP contribution in [-0.4, -0.2) is 13.7 Å². The lowest BCUT2D eigenvalue weighted by atomic mass is 9.80. The minimum Gasteiger partial charge on any atom is -0.384 e. The number of alkyl halides is 3. The second-order valence-electron chi connectivity index (χ2n) is 9.71. The third-order valence-corrected chi connectivity index (χ3v) is 7.33. The quantitative estimate of drug-likeness (QED) is 0.204. The summed E-state index contributed by atoms with van der Waals surface area (Å²) >= 11 is 4.78. The number of aryl methyl sites for hydroxylation is 1. The van der Waals surface area contributed by atoms with Crippen LogP contribution in [0.2, 0.25) is 0 Å². The fourth-order valence-electron chi connectivity index (χ4n) is 5.18. The first-order valence-corrected chi connectivity index (χ1v) is 12.6. The van der Waals surface area contributed by atoms with Crippen molar-refractivity contribution >= 4 is 11.6 Å². The molecule has 37 heavy (non-hydrogen) atoms. The molecule has 0 bridgehead atoms. The van der Waals surface area contributed by atoms with Gasteiger partial charge in [0, 0.05) is 13.7 Å². The second-order valence-corrected chi connectivity index (χ2v) is 10.2. The molecule has 198 valence electrons. The highest BCUT2D eigenvalue weighted by atomic mass is 35.5. The summed E-state index contributed by atoms with van der Waals surface area (Å²) in [5.74, 6) is -3.25. The van der Waals surface area contributed by atoms with E-state index in [1.54, 1.807) is 7.11 Å². The summed E-state index contributed by atoms with van der Waals surface area (Å²) in [5, 5.41) is -4.19. The maximum Gasteiger partial charge on any atom is 0.353 e. The standard InChI is InChI=1S/C29H27ClF6O/c1-37-16-18-5-2-17(3-6-18)4-7-19-12-23(31)27(24(32)13-19)21-10-8-20(9-11-21)22-14-25(33)28(26(34)15-22)29(30,35)36/h8-15,17-18H,2-7,16H2,1H3. The van der Waals surface area contributed by atoms with Crippen molar-refractivity contribution in [2.75, 3.05) is 13.7 Å². The van der Waals surface area contributed by atoms with Crippen molar-refractivity contribution in [1.82, 2.24) is 0 Å². The van der Waals surface area contributed by atoms with Crippen LogP contribution in [-0.2, 0) is 16.5 Å². The third-order valence-electron chi connectivity index (χ3n) is 7.14. The summed E-state index contributed by atoms with van der Waals surface area (Å²) in [7, 11) is 1.71. The summed E-state index contributed by atoms with van der Waals surface area (Å²) in [6, 6.07) is 9.82. The molecule has 1 saturated carbocycles. The molecule has 0 saturated heterocycles. The molecule has 3 aromatic rings. The van der Waals surface area contributed by atoms with Gasteiger partial charge in [0.1, 0.15) is 28.8 Å². The molecule has 4 rings (SSSR count). The van der Waals surface area contributed by atoms with Gasteiger partial charge in [-0.1, -0.05) is 37.1 Å². The van der Waals surface area contributed by atoms with Crippen molar-refractivity contribution in [3.05, 3.63) is 82.9 Å². The Morgan fingerprint density at radius 3 is 1.78 bits per heavy atom. The first-order chi connectivity index (χ1) is 17.6. The Labute approximate surface area is 217 Å². The van der Waals surface area contributed by atoms with Crippen molar-refractivity contribution in [2.24, 2.45) is 11.8 Å². The van der Waals surface area contributed by atoms with Crippen LogP contribution in [0, 0.1) is 35.1 Å². The molecule has 0 unspecified atom stereocenters. The summed E-state index contributed by atoms with van der Waals surface area (Å²) in [4.78, 5) is 0. The highest BCUT2D eigenvalue weighted by molar-refractivity contribution is 6.21. The lowest BCUT2D eigenvalue weighted by molar-refractivity contribution is 0.0859. The molecule has 1 fully saturated rings. The summed E-state index contributed by atoms with van der Waals surface area (Å²) in [6.45, 7) is 0.776. The molecular weight excluding hydrogens is 514 g/mol. The lowest BCUT2D eigenvalue weighted by Crippen LogP contribution is -2.18. The Morgan fingerprint density at radius 2 is 1.27 bits per heavy atom. The number of hydrogen-bond donors (Lipinski definition) is 0. The van der Waals surface area contributed by atoms with E-state index in [4.69, 9.17) is 16.3 Å². The summed E-state index contributed by atoms with van der Waals surface area (Å²) in [6.07, 6.45) is 5.86. The van der Waals surface area contributed by atoms with Crippen LogP contribution in [0.4, 0.5) is 26.3 Å². The molecule has 3 aromatic carbocycles. The van der Waals surface area contributed by atoms with Crippen molar-refractivity contribution in [3.63, 3.8) is 0 Å². The van der Waals surface area contributed by atoms with Crippen molar-refractivity contribution in [2.45, 2.75) is 43.9 Å². The first-order valence-electron chi connectivity index (χ1n) is 12.2. The van der Waals surface area contributed by atoms with E-state index in [1.165, 1.54) is 36.4 Å². The molecule has 0 aromatic heterocycles. The van der Waals surface area contributed by atoms with Gasteiger partial charge >= 0.3 is 5.38 Å². The largest absolute Gasteiger partial charge is 0.384 e. The van der Waals surface area contributed by atoms with E-state index in [1.807, 2.05) is 0 Å². The molecule has 0 atom stereocenters. The van der Waals surface area contributed by atoms with Gasteiger partial charge < -0.3 is 4.74 Å². The van der Waals surface area contributed by atoms with Crippen LogP contribution in [0.15, 0.2) is 48.5 Å². The number of ether oxygens (including phenoxy) is 1. The molecular formula is C29H27ClF6O. The van der Waals surface area contributed by atoms with Gasteiger partial charge in [-0.15, -0.1) is 0 Å². The molecule has 1 nitrogen and oxygen atoms in total. The Kier molecular flexibility index (Phi) is 8.54. The SMILES string of the molecule is COCC1CCC(CCc2cc(F)c(-c3ccc(-c4cc(F)c(C(F)(F)Cl)c(F)c4)cc3)c(F)c2)CC1. The third kappa shape index (κ3) is 6.50. The zero-order valence-corrected chi connectivity index (χ0v) is 21.0. The van der Waals surface area contributed by atoms with Gasteiger partial charge in [-0.25, -0.2) is 17.6 Å². The van der Waals surface area contributed by atoms with Crippen molar-refractivity contribution in [1.29, 1.82) is 0 Å². The maximum absolute atomic E-state index is 14.9. The number of methoxy groups -OCH3 is 1. The fourth-order valence-corrected chi connectivity index (χ4v) is 5.36. The van der Waals surface area contributed by atoms with Crippen LogP contribution in [0.3, 0.4) is 0 Å². The van der Waals surface area contributed by atoms with Gasteiger partial charge in [0.2, 0.25) is 0 Å². The maximum atomic E-state index is 14.9. The van der Waals surface area contributed by atoms with E-state index >= 15 is 0 Å². The summed E-state index contributed by atoms with van der Waals surface area (Å²) in [5.41, 5.74) is -0.632. The minimum atomic E-state index is -4.19. The molecule has 0 radical (unpaired) electrons. The van der Waals surface area contributed by atoms with Crippen molar-refractivity contribution in [3.8, 4) is 22.3 Å². The molecule has 0 heterocycles. The van der Waals surface area contributed by atoms with E-state index in [2.05, 4.69) is 0 Å². The number of hydrogen-bond acceptors (Lipinski definition) is 1. The second kappa shape index (κ2) is 11.5. The lowest BCUT2D eigenvalue weighted by Gasteiger charge is -2.28. The number of benzene rings is 3. The normalized spacial score (nSPS) is 18.3. The average Bonchev–Trinajstić information content (AvgIpc) is 2.82. The van der Waals surface area contributed by atoms with Gasteiger partial charge in [0.25, 0.3) is 0 Å². The zero-order chi connectivity index (χ0) is 26.7. The predicted octanol–water partition coefficient (Wildman–Crippen LogP) is 9.25. The van der Waals surface area contributed by atoms with Crippen LogP contribution < -0.4 is 0 Å². The summed E-state index contributed by atoms with van der Waals surface area (Å²) < 4.78 is 89.8. The van der Waals surface area contributed by atoms with E-state index < -0.39 is 34.2 Å². The Hall–Kier alpha value is -2.51. The number of halogens is 7. The fraction of sp³-hybridized carbons (Fsp3) is 0.379. The highest BCUT2D eigenvalue weighted by Gasteiger charge is 2.35. The van der Waals surface area contributed by atoms with Gasteiger partial charge in [-0.3, -0.25) is 0 Å². The molecule has 0 aliphatic heterocycles. The van der Waals surface area contributed by atoms with Crippen LogP contribution in [0.1, 0.15) is 43.2 Å². The molecule has 0 spiro atoms. The van der Waals surface area contributed by atoms with Crippen molar-refractivity contribution < 1.29 is 31.1 Å². The van der Waals surface area contributed by atoms with Crippen LogP contribution >= 0.6 is 11.6 Å². The molecule has 8 heteroatoms. The topological polar surface area (TPSA) is 9.23 Å².